The fourth-order valence-electron chi connectivity index (χ4n) is 1.99. The van der Waals surface area contributed by atoms with Crippen LogP contribution < -0.4 is 16.4 Å². The second-order valence-corrected chi connectivity index (χ2v) is 4.55. The van der Waals surface area contributed by atoms with Gasteiger partial charge >= 0.3 is 6.03 Å². The van der Waals surface area contributed by atoms with Crippen LogP contribution >= 0.6 is 0 Å². The Balaban J connectivity index is 1.90. The van der Waals surface area contributed by atoms with Crippen molar-refractivity contribution in [1.82, 2.24) is 5.32 Å². The SMILES string of the molecule is CCc1ccccc1CNC(=O)Nc1ccc(N)cc1. The molecular formula is C16H19N3O. The van der Waals surface area contributed by atoms with Gasteiger partial charge in [-0.3, -0.25) is 0 Å². The van der Waals surface area contributed by atoms with Crippen LogP contribution in [0, 0.1) is 0 Å². The van der Waals surface area contributed by atoms with Gasteiger partial charge in [0.2, 0.25) is 0 Å². The molecule has 0 saturated heterocycles. The second kappa shape index (κ2) is 6.61. The molecule has 0 saturated carbocycles. The summed E-state index contributed by atoms with van der Waals surface area (Å²) in [6.45, 7) is 2.62. The number of carbonyl (C=O) groups is 1. The van der Waals surface area contributed by atoms with Gasteiger partial charge in [0.05, 0.1) is 0 Å². The van der Waals surface area contributed by atoms with Crippen LogP contribution in [0.4, 0.5) is 16.2 Å². The van der Waals surface area contributed by atoms with Crippen LogP contribution in [0.1, 0.15) is 18.1 Å². The van der Waals surface area contributed by atoms with E-state index in [9.17, 15) is 4.79 Å². The van der Waals surface area contributed by atoms with Gasteiger partial charge in [-0.15, -0.1) is 0 Å². The Labute approximate surface area is 119 Å². The number of amides is 2. The first kappa shape index (κ1) is 13.9. The first-order valence-electron chi connectivity index (χ1n) is 6.66. The zero-order valence-corrected chi connectivity index (χ0v) is 11.5. The van der Waals surface area contributed by atoms with Gasteiger partial charge in [0.15, 0.2) is 0 Å². The zero-order valence-electron chi connectivity index (χ0n) is 11.5. The number of anilines is 2. The summed E-state index contributed by atoms with van der Waals surface area (Å²) in [5.41, 5.74) is 9.38. The Bertz CT molecular complexity index is 579. The molecule has 2 aromatic carbocycles. The minimum Gasteiger partial charge on any atom is -0.399 e. The zero-order chi connectivity index (χ0) is 14.4. The topological polar surface area (TPSA) is 67.2 Å². The Morgan fingerprint density at radius 1 is 1.05 bits per heavy atom. The van der Waals surface area contributed by atoms with Crippen LogP contribution in [0.5, 0.6) is 0 Å². The van der Waals surface area contributed by atoms with Crippen molar-refractivity contribution >= 4 is 17.4 Å². The average molecular weight is 269 g/mol. The fourth-order valence-corrected chi connectivity index (χ4v) is 1.99. The number of benzene rings is 2. The number of carbonyl (C=O) groups excluding carboxylic acids is 1. The maximum Gasteiger partial charge on any atom is 0.319 e. The van der Waals surface area contributed by atoms with Crippen LogP contribution in [-0.2, 0) is 13.0 Å². The third-order valence-electron chi connectivity index (χ3n) is 3.11. The van der Waals surface area contributed by atoms with Crippen molar-refractivity contribution in [3.63, 3.8) is 0 Å². The smallest absolute Gasteiger partial charge is 0.319 e. The highest BCUT2D eigenvalue weighted by molar-refractivity contribution is 5.89. The first-order valence-corrected chi connectivity index (χ1v) is 6.66. The van der Waals surface area contributed by atoms with E-state index in [0.29, 0.717) is 12.2 Å². The molecule has 0 radical (unpaired) electrons. The molecule has 2 amide bonds. The molecular weight excluding hydrogens is 250 g/mol. The van der Waals surface area contributed by atoms with E-state index < -0.39 is 0 Å². The van der Waals surface area contributed by atoms with Crippen molar-refractivity contribution < 1.29 is 4.79 Å². The van der Waals surface area contributed by atoms with Crippen LogP contribution in [-0.4, -0.2) is 6.03 Å². The molecule has 2 aromatic rings. The van der Waals surface area contributed by atoms with Crippen molar-refractivity contribution in [3.05, 3.63) is 59.7 Å². The van der Waals surface area contributed by atoms with Gasteiger partial charge in [-0.25, -0.2) is 4.79 Å². The van der Waals surface area contributed by atoms with E-state index in [1.807, 2.05) is 18.2 Å². The summed E-state index contributed by atoms with van der Waals surface area (Å²) in [5.74, 6) is 0. The summed E-state index contributed by atoms with van der Waals surface area (Å²) < 4.78 is 0. The molecule has 0 spiro atoms. The summed E-state index contributed by atoms with van der Waals surface area (Å²) in [6.07, 6.45) is 0.956. The van der Waals surface area contributed by atoms with Gasteiger partial charge < -0.3 is 16.4 Å². The van der Waals surface area contributed by atoms with Gasteiger partial charge in [0, 0.05) is 17.9 Å². The first-order chi connectivity index (χ1) is 9.69. The van der Waals surface area contributed by atoms with E-state index in [2.05, 4.69) is 23.6 Å². The number of nitrogen functional groups attached to an aromatic ring is 1. The number of nitrogens with one attached hydrogen (secondary N) is 2. The molecule has 0 aliphatic carbocycles. The van der Waals surface area contributed by atoms with Gasteiger partial charge in [-0.2, -0.15) is 0 Å². The van der Waals surface area contributed by atoms with E-state index in [-0.39, 0.29) is 6.03 Å². The Morgan fingerprint density at radius 3 is 2.35 bits per heavy atom. The monoisotopic (exact) mass is 269 g/mol. The van der Waals surface area contributed by atoms with Crippen molar-refractivity contribution in [3.8, 4) is 0 Å². The molecule has 0 aromatic heterocycles. The third-order valence-corrected chi connectivity index (χ3v) is 3.11. The molecule has 0 aliphatic rings. The van der Waals surface area contributed by atoms with Crippen LogP contribution in [0.25, 0.3) is 0 Å². The van der Waals surface area contributed by atoms with E-state index >= 15 is 0 Å². The van der Waals surface area contributed by atoms with Crippen molar-refractivity contribution in [1.29, 1.82) is 0 Å². The molecule has 0 atom stereocenters. The predicted molar refractivity (Wildman–Crippen MR) is 82.5 cm³/mol. The van der Waals surface area contributed by atoms with Crippen LogP contribution in [0.3, 0.4) is 0 Å². The second-order valence-electron chi connectivity index (χ2n) is 4.55. The van der Waals surface area contributed by atoms with Crippen LogP contribution in [0.2, 0.25) is 0 Å². The molecule has 2 rings (SSSR count). The van der Waals surface area contributed by atoms with Gasteiger partial charge in [0.25, 0.3) is 0 Å². The van der Waals surface area contributed by atoms with Crippen molar-refractivity contribution in [2.45, 2.75) is 19.9 Å². The molecule has 104 valence electrons. The Morgan fingerprint density at radius 2 is 1.70 bits per heavy atom. The lowest BCUT2D eigenvalue weighted by atomic mass is 10.1. The number of hydrogen-bond donors (Lipinski definition) is 3. The minimum atomic E-state index is -0.222. The maximum absolute atomic E-state index is 11.8. The number of aryl methyl sites for hydroxylation is 1. The van der Waals surface area contributed by atoms with E-state index in [0.717, 1.165) is 17.7 Å². The van der Waals surface area contributed by atoms with Gasteiger partial charge in [0.1, 0.15) is 0 Å². The largest absolute Gasteiger partial charge is 0.399 e. The number of rotatable bonds is 4. The Hall–Kier alpha value is -2.49. The third kappa shape index (κ3) is 3.75. The van der Waals surface area contributed by atoms with E-state index in [1.54, 1.807) is 24.3 Å². The summed E-state index contributed by atoms with van der Waals surface area (Å²) in [4.78, 5) is 11.8. The number of urea groups is 1. The highest BCUT2D eigenvalue weighted by atomic mass is 16.2. The van der Waals surface area contributed by atoms with E-state index in [1.165, 1.54) is 5.56 Å². The fraction of sp³-hybridized carbons (Fsp3) is 0.188. The molecule has 4 nitrogen and oxygen atoms in total. The molecule has 20 heavy (non-hydrogen) atoms. The van der Waals surface area contributed by atoms with Crippen LogP contribution in [0.15, 0.2) is 48.5 Å². The Kier molecular flexibility index (Phi) is 4.60. The lowest BCUT2D eigenvalue weighted by molar-refractivity contribution is 0.251. The van der Waals surface area contributed by atoms with Crippen molar-refractivity contribution in [2.75, 3.05) is 11.1 Å². The molecule has 0 heterocycles. The molecule has 0 unspecified atom stereocenters. The normalized spacial score (nSPS) is 10.1. The van der Waals surface area contributed by atoms with E-state index in [4.69, 9.17) is 5.73 Å². The summed E-state index contributed by atoms with van der Waals surface area (Å²) in [6, 6.07) is 14.9. The standard InChI is InChI=1S/C16H19N3O/c1-2-12-5-3-4-6-13(12)11-18-16(20)19-15-9-7-14(17)8-10-15/h3-10H,2,11,17H2,1H3,(H2,18,19,20). The minimum absolute atomic E-state index is 0.222. The lowest BCUT2D eigenvalue weighted by Crippen LogP contribution is -2.28. The van der Waals surface area contributed by atoms with Gasteiger partial charge in [-0.1, -0.05) is 31.2 Å². The maximum atomic E-state index is 11.8. The predicted octanol–water partition coefficient (Wildman–Crippen LogP) is 3.15. The highest BCUT2D eigenvalue weighted by Crippen LogP contribution is 2.11. The highest BCUT2D eigenvalue weighted by Gasteiger charge is 2.04. The molecule has 4 N–H and O–H groups in total. The summed E-state index contributed by atoms with van der Waals surface area (Å²) >= 11 is 0. The lowest BCUT2D eigenvalue weighted by Gasteiger charge is -2.10. The molecule has 4 heteroatoms. The number of hydrogen-bond acceptors (Lipinski definition) is 2. The summed E-state index contributed by atoms with van der Waals surface area (Å²) in [5, 5.41) is 5.63. The molecule has 0 bridgehead atoms. The molecule has 0 fully saturated rings. The number of nitrogens with two attached hydrogens (primary N) is 1. The summed E-state index contributed by atoms with van der Waals surface area (Å²) in [7, 11) is 0. The van der Waals surface area contributed by atoms with Crippen molar-refractivity contribution in [2.24, 2.45) is 0 Å². The average Bonchev–Trinajstić information content (AvgIpc) is 2.48. The van der Waals surface area contributed by atoms with Gasteiger partial charge in [-0.05, 0) is 41.8 Å². The molecule has 0 aliphatic heterocycles. The quantitative estimate of drug-likeness (QED) is 0.746.